The first kappa shape index (κ1) is 26.2. The lowest BCUT2D eigenvalue weighted by Crippen LogP contribution is -2.53. The van der Waals surface area contributed by atoms with Crippen molar-refractivity contribution < 1.29 is 28.6 Å². The summed E-state index contributed by atoms with van der Waals surface area (Å²) in [7, 11) is 0. The first-order valence-corrected chi connectivity index (χ1v) is 9.54. The van der Waals surface area contributed by atoms with Crippen LogP contribution in [0.3, 0.4) is 0 Å². The molecular formula is C20H34ClNO6. The van der Waals surface area contributed by atoms with E-state index in [2.05, 4.69) is 0 Å². The molecule has 0 unspecified atom stereocenters. The van der Waals surface area contributed by atoms with E-state index < -0.39 is 41.0 Å². The molecule has 0 aromatic carbocycles. The Morgan fingerprint density at radius 1 is 0.821 bits per heavy atom. The molecule has 0 N–H and O–H groups in total. The molecule has 0 heterocycles. The van der Waals surface area contributed by atoms with Crippen LogP contribution >= 0.6 is 11.6 Å². The number of ether oxygens (including phenoxy) is 3. The van der Waals surface area contributed by atoms with E-state index in [0.717, 1.165) is 0 Å². The number of imide groups is 1. The Morgan fingerprint density at radius 3 is 1.46 bits per heavy atom. The summed E-state index contributed by atoms with van der Waals surface area (Å²) in [5.41, 5.74) is -0.726. The van der Waals surface area contributed by atoms with Crippen molar-refractivity contribution in [2.45, 2.75) is 98.5 Å². The van der Waals surface area contributed by atoms with Crippen LogP contribution in [-0.2, 0) is 19.0 Å². The quantitative estimate of drug-likeness (QED) is 0.448. The van der Waals surface area contributed by atoms with E-state index in [1.807, 2.05) is 0 Å². The number of hydrogen-bond donors (Lipinski definition) is 0. The molecule has 28 heavy (non-hydrogen) atoms. The number of rotatable bonds is 4. The third-order valence-electron chi connectivity index (χ3n) is 2.87. The van der Waals surface area contributed by atoms with Crippen LogP contribution in [0.1, 0.15) is 75.7 Å². The summed E-state index contributed by atoms with van der Waals surface area (Å²) in [6.07, 6.45) is -2.02. The molecule has 0 rings (SSSR count). The predicted octanol–water partition coefficient (Wildman–Crippen LogP) is 5.40. The molecule has 7 nitrogen and oxygen atoms in total. The highest BCUT2D eigenvalue weighted by Gasteiger charge is 2.42. The van der Waals surface area contributed by atoms with Gasteiger partial charge in [0, 0.05) is 12.0 Å². The lowest BCUT2D eigenvalue weighted by molar-refractivity contribution is -0.161. The molecule has 8 heteroatoms. The van der Waals surface area contributed by atoms with Gasteiger partial charge in [0.2, 0.25) is 0 Å². The fraction of sp³-hybridized carbons (Fsp3) is 0.750. The first-order valence-electron chi connectivity index (χ1n) is 9.10. The molecule has 0 saturated heterocycles. The second-order valence-corrected chi connectivity index (χ2v) is 9.76. The number of halogens is 1. The Morgan fingerprint density at radius 2 is 1.18 bits per heavy atom. The lowest BCUT2D eigenvalue weighted by atomic mass is 10.1. The highest BCUT2D eigenvalue weighted by atomic mass is 35.5. The van der Waals surface area contributed by atoms with Gasteiger partial charge in [0.15, 0.2) is 0 Å². The number of carbonyl (C=O) groups excluding carboxylic acids is 3. The fourth-order valence-corrected chi connectivity index (χ4v) is 2.04. The molecule has 2 amide bonds. The standard InChI is InChI=1S/C20H34ClNO6/c1-13(12-21)11-14(15(23)26-18(2,3)4)22(16(24)27-19(5,6)7)17(25)28-20(8,9)10/h12,14H,11H2,1-10H3/t14-/m0/s1. The van der Waals surface area contributed by atoms with Crippen LogP contribution in [0.25, 0.3) is 0 Å². The Labute approximate surface area is 173 Å². The van der Waals surface area contributed by atoms with E-state index in [0.29, 0.717) is 10.5 Å². The van der Waals surface area contributed by atoms with Crippen LogP contribution in [-0.4, -0.2) is 45.9 Å². The number of nitrogens with zero attached hydrogens (tertiary/aromatic N) is 1. The topological polar surface area (TPSA) is 82.1 Å². The van der Waals surface area contributed by atoms with Crippen molar-refractivity contribution in [1.29, 1.82) is 0 Å². The SMILES string of the molecule is CC(=CCl)C[C@@H](C(=O)OC(C)(C)C)N(C(=O)OC(C)(C)C)C(=O)OC(C)(C)C. The van der Waals surface area contributed by atoms with Gasteiger partial charge in [-0.25, -0.2) is 14.4 Å². The van der Waals surface area contributed by atoms with Gasteiger partial charge >= 0.3 is 18.2 Å². The Balaban J connectivity index is 6.14. The van der Waals surface area contributed by atoms with E-state index >= 15 is 0 Å². The van der Waals surface area contributed by atoms with Gasteiger partial charge in [-0.1, -0.05) is 17.2 Å². The van der Waals surface area contributed by atoms with Crippen LogP contribution in [0.4, 0.5) is 9.59 Å². The van der Waals surface area contributed by atoms with Crippen molar-refractivity contribution in [3.63, 3.8) is 0 Å². The van der Waals surface area contributed by atoms with Gasteiger partial charge in [0.1, 0.15) is 22.8 Å². The van der Waals surface area contributed by atoms with Gasteiger partial charge in [-0.3, -0.25) is 0 Å². The molecular weight excluding hydrogens is 386 g/mol. The molecule has 0 aliphatic heterocycles. The molecule has 0 aliphatic carbocycles. The van der Waals surface area contributed by atoms with Crippen LogP contribution in [0.5, 0.6) is 0 Å². The summed E-state index contributed by atoms with van der Waals surface area (Å²) in [4.78, 5) is 39.1. The summed E-state index contributed by atoms with van der Waals surface area (Å²) in [5.74, 6) is -0.762. The summed E-state index contributed by atoms with van der Waals surface area (Å²) in [6.45, 7) is 16.7. The minimum atomic E-state index is -1.29. The molecule has 0 radical (unpaired) electrons. The van der Waals surface area contributed by atoms with E-state index in [4.69, 9.17) is 25.8 Å². The fourth-order valence-electron chi connectivity index (χ4n) is 1.95. The van der Waals surface area contributed by atoms with Gasteiger partial charge in [-0.15, -0.1) is 0 Å². The molecule has 0 spiro atoms. The van der Waals surface area contributed by atoms with Crippen LogP contribution in [0.15, 0.2) is 11.1 Å². The van der Waals surface area contributed by atoms with E-state index in [-0.39, 0.29) is 6.42 Å². The number of carbonyl (C=O) groups is 3. The van der Waals surface area contributed by atoms with Crippen molar-refractivity contribution in [3.8, 4) is 0 Å². The van der Waals surface area contributed by atoms with Crippen molar-refractivity contribution in [2.75, 3.05) is 0 Å². The van der Waals surface area contributed by atoms with E-state index in [9.17, 15) is 14.4 Å². The van der Waals surface area contributed by atoms with Crippen LogP contribution in [0, 0.1) is 0 Å². The van der Waals surface area contributed by atoms with Crippen LogP contribution < -0.4 is 0 Å². The molecule has 0 bridgehead atoms. The van der Waals surface area contributed by atoms with Gasteiger partial charge in [-0.2, -0.15) is 4.90 Å². The lowest BCUT2D eigenvalue weighted by Gasteiger charge is -2.33. The summed E-state index contributed by atoms with van der Waals surface area (Å²) < 4.78 is 16.1. The Hall–Kier alpha value is -1.76. The van der Waals surface area contributed by atoms with Crippen molar-refractivity contribution in [1.82, 2.24) is 4.90 Å². The largest absolute Gasteiger partial charge is 0.458 e. The maximum absolute atomic E-state index is 12.8. The smallest absolute Gasteiger partial charge is 0.420 e. The molecule has 0 fully saturated rings. The number of amides is 2. The molecule has 0 aromatic rings. The zero-order chi connectivity index (χ0) is 22.5. The average Bonchev–Trinajstić information content (AvgIpc) is 2.40. The summed E-state index contributed by atoms with van der Waals surface area (Å²) in [5, 5.41) is 0. The highest BCUT2D eigenvalue weighted by Crippen LogP contribution is 2.23. The monoisotopic (exact) mass is 419 g/mol. The Kier molecular flexibility index (Phi) is 9.03. The maximum atomic E-state index is 12.8. The van der Waals surface area contributed by atoms with E-state index in [1.165, 1.54) is 5.54 Å². The van der Waals surface area contributed by atoms with Gasteiger partial charge in [0.05, 0.1) is 0 Å². The van der Waals surface area contributed by atoms with Crippen molar-refractivity contribution in [2.24, 2.45) is 0 Å². The van der Waals surface area contributed by atoms with E-state index in [1.54, 1.807) is 69.2 Å². The summed E-state index contributed by atoms with van der Waals surface area (Å²) in [6, 6.07) is -1.29. The molecule has 162 valence electrons. The third kappa shape index (κ3) is 10.5. The summed E-state index contributed by atoms with van der Waals surface area (Å²) >= 11 is 5.75. The number of hydrogen-bond acceptors (Lipinski definition) is 6. The van der Waals surface area contributed by atoms with Gasteiger partial charge in [-0.05, 0) is 69.2 Å². The van der Waals surface area contributed by atoms with Gasteiger partial charge < -0.3 is 14.2 Å². The Bertz CT molecular complexity index is 580. The van der Waals surface area contributed by atoms with Crippen molar-refractivity contribution in [3.05, 3.63) is 11.1 Å². The third-order valence-corrected chi connectivity index (χ3v) is 3.25. The molecule has 0 aromatic heterocycles. The predicted molar refractivity (Wildman–Crippen MR) is 108 cm³/mol. The van der Waals surface area contributed by atoms with Crippen LogP contribution in [0.2, 0.25) is 0 Å². The minimum absolute atomic E-state index is 0.0170. The molecule has 1 atom stereocenters. The maximum Gasteiger partial charge on any atom is 0.420 e. The minimum Gasteiger partial charge on any atom is -0.458 e. The normalized spacial score (nSPS) is 14.2. The second kappa shape index (κ2) is 9.63. The van der Waals surface area contributed by atoms with Crippen molar-refractivity contribution >= 4 is 29.8 Å². The van der Waals surface area contributed by atoms with Gasteiger partial charge in [0.25, 0.3) is 0 Å². The highest BCUT2D eigenvalue weighted by molar-refractivity contribution is 6.25. The zero-order valence-electron chi connectivity index (χ0n) is 18.6. The zero-order valence-corrected chi connectivity index (χ0v) is 19.4. The molecule has 0 saturated carbocycles. The number of esters is 1. The first-order chi connectivity index (χ1) is 12.4. The molecule has 0 aliphatic rings. The average molecular weight is 420 g/mol. The second-order valence-electron chi connectivity index (χ2n) is 9.54.